The average Bonchev–Trinajstić information content (AvgIpc) is 2.93. The second kappa shape index (κ2) is 4.35. The Bertz CT molecular complexity index is 583. The van der Waals surface area contributed by atoms with Crippen LogP contribution in [0.1, 0.15) is 27.1 Å². The molecule has 0 saturated carbocycles. The fourth-order valence-corrected chi connectivity index (χ4v) is 2.26. The van der Waals surface area contributed by atoms with E-state index in [2.05, 4.69) is 0 Å². The van der Waals surface area contributed by atoms with Crippen molar-refractivity contribution in [2.75, 3.05) is 13.2 Å². The predicted molar refractivity (Wildman–Crippen MR) is 65.5 cm³/mol. The van der Waals surface area contributed by atoms with Crippen molar-refractivity contribution in [3.05, 3.63) is 47.0 Å². The second-order valence-electron chi connectivity index (χ2n) is 4.47. The molecule has 0 bridgehead atoms. The van der Waals surface area contributed by atoms with Gasteiger partial charge in [0.25, 0.3) is 11.8 Å². The number of ether oxygens (including phenoxy) is 1. The summed E-state index contributed by atoms with van der Waals surface area (Å²) in [5.74, 6) is -0.907. The van der Waals surface area contributed by atoms with Gasteiger partial charge in [-0.3, -0.25) is 14.5 Å². The maximum absolute atomic E-state index is 12.1. The molecule has 0 N–H and O–H groups in total. The van der Waals surface area contributed by atoms with Gasteiger partial charge in [0.1, 0.15) is 6.61 Å². The molecule has 0 aliphatic carbocycles. The standard InChI is InChI=1S/C14H11NO4/c16-12-7-9(8-19-12)5-6-15-13(17)10-3-1-2-4-11(10)14(15)18/h1-4,7H,5-6,8H2. The van der Waals surface area contributed by atoms with Crippen molar-refractivity contribution in [2.24, 2.45) is 0 Å². The Hall–Kier alpha value is -2.43. The average molecular weight is 257 g/mol. The molecular formula is C14H11NO4. The van der Waals surface area contributed by atoms with E-state index in [1.807, 2.05) is 0 Å². The SMILES string of the molecule is O=C1C=C(CCN2C(=O)c3ccccc3C2=O)CO1. The fourth-order valence-electron chi connectivity index (χ4n) is 2.26. The molecular weight excluding hydrogens is 246 g/mol. The molecule has 1 aromatic rings. The lowest BCUT2D eigenvalue weighted by molar-refractivity contribution is -0.134. The summed E-state index contributed by atoms with van der Waals surface area (Å²) >= 11 is 0. The Morgan fingerprint density at radius 3 is 2.21 bits per heavy atom. The summed E-state index contributed by atoms with van der Waals surface area (Å²) in [5.41, 5.74) is 1.70. The Balaban J connectivity index is 1.74. The van der Waals surface area contributed by atoms with Gasteiger partial charge >= 0.3 is 5.97 Å². The number of esters is 1. The van der Waals surface area contributed by atoms with Crippen LogP contribution in [0.2, 0.25) is 0 Å². The Morgan fingerprint density at radius 1 is 1.05 bits per heavy atom. The number of fused-ring (bicyclic) bond motifs is 1. The molecule has 2 aliphatic rings. The highest BCUT2D eigenvalue weighted by molar-refractivity contribution is 6.21. The molecule has 2 amide bonds. The third kappa shape index (κ3) is 1.93. The summed E-state index contributed by atoms with van der Waals surface area (Å²) in [6.07, 6.45) is 1.88. The zero-order valence-electron chi connectivity index (χ0n) is 10.1. The van der Waals surface area contributed by atoms with Gasteiger partial charge in [0, 0.05) is 12.6 Å². The van der Waals surface area contributed by atoms with Crippen LogP contribution in [-0.4, -0.2) is 35.8 Å². The second-order valence-corrected chi connectivity index (χ2v) is 4.47. The van der Waals surface area contributed by atoms with Crippen molar-refractivity contribution in [1.29, 1.82) is 0 Å². The van der Waals surface area contributed by atoms with Crippen LogP contribution in [0.25, 0.3) is 0 Å². The van der Waals surface area contributed by atoms with E-state index in [0.29, 0.717) is 17.5 Å². The van der Waals surface area contributed by atoms with E-state index >= 15 is 0 Å². The van der Waals surface area contributed by atoms with Crippen LogP contribution < -0.4 is 0 Å². The first-order valence-electron chi connectivity index (χ1n) is 5.98. The minimum Gasteiger partial charge on any atom is -0.458 e. The van der Waals surface area contributed by atoms with E-state index in [1.54, 1.807) is 24.3 Å². The molecule has 0 aromatic heterocycles. The molecule has 1 aromatic carbocycles. The highest BCUT2D eigenvalue weighted by atomic mass is 16.5. The summed E-state index contributed by atoms with van der Waals surface area (Å²) in [5, 5.41) is 0. The maximum atomic E-state index is 12.1. The van der Waals surface area contributed by atoms with E-state index in [0.717, 1.165) is 5.57 Å². The molecule has 2 aliphatic heterocycles. The maximum Gasteiger partial charge on any atom is 0.331 e. The summed E-state index contributed by atoms with van der Waals surface area (Å²) < 4.78 is 4.78. The molecule has 0 fully saturated rings. The zero-order valence-corrected chi connectivity index (χ0v) is 10.1. The summed E-state index contributed by atoms with van der Waals surface area (Å²) in [6.45, 7) is 0.525. The fraction of sp³-hybridized carbons (Fsp3) is 0.214. The van der Waals surface area contributed by atoms with Gasteiger partial charge in [0.05, 0.1) is 11.1 Å². The molecule has 0 saturated heterocycles. The first-order chi connectivity index (χ1) is 9.16. The van der Waals surface area contributed by atoms with Crippen molar-refractivity contribution in [3.8, 4) is 0 Å². The lowest BCUT2D eigenvalue weighted by Crippen LogP contribution is -2.31. The number of carbonyl (C=O) groups is 3. The number of nitrogens with zero attached hydrogens (tertiary/aromatic N) is 1. The number of imide groups is 1. The van der Waals surface area contributed by atoms with E-state index in [9.17, 15) is 14.4 Å². The van der Waals surface area contributed by atoms with Gasteiger partial charge in [-0.05, 0) is 24.1 Å². The molecule has 5 heteroatoms. The molecule has 2 heterocycles. The minimum absolute atomic E-state index is 0.252. The summed E-state index contributed by atoms with van der Waals surface area (Å²) in [4.78, 5) is 36.3. The Kier molecular flexibility index (Phi) is 2.67. The van der Waals surface area contributed by atoms with Gasteiger partial charge in [-0.1, -0.05) is 12.1 Å². The van der Waals surface area contributed by atoms with Gasteiger partial charge in [-0.15, -0.1) is 0 Å². The molecule has 96 valence electrons. The van der Waals surface area contributed by atoms with Gasteiger partial charge in [-0.2, -0.15) is 0 Å². The lowest BCUT2D eigenvalue weighted by Gasteiger charge is -2.13. The molecule has 0 spiro atoms. The van der Waals surface area contributed by atoms with Crippen LogP contribution in [0, 0.1) is 0 Å². The van der Waals surface area contributed by atoms with Crippen molar-refractivity contribution in [3.63, 3.8) is 0 Å². The first-order valence-corrected chi connectivity index (χ1v) is 5.98. The number of hydrogen-bond donors (Lipinski definition) is 0. The quantitative estimate of drug-likeness (QED) is 0.602. The van der Waals surface area contributed by atoms with Crippen LogP contribution >= 0.6 is 0 Å². The zero-order chi connectivity index (χ0) is 13.4. The number of benzene rings is 1. The van der Waals surface area contributed by atoms with Gasteiger partial charge in [-0.25, -0.2) is 4.79 Å². The molecule has 0 radical (unpaired) electrons. The monoisotopic (exact) mass is 257 g/mol. The number of hydrogen-bond acceptors (Lipinski definition) is 4. The van der Waals surface area contributed by atoms with Crippen molar-refractivity contribution < 1.29 is 19.1 Å². The molecule has 19 heavy (non-hydrogen) atoms. The highest BCUT2D eigenvalue weighted by Gasteiger charge is 2.34. The summed E-state index contributed by atoms with van der Waals surface area (Å²) in [7, 11) is 0. The molecule has 5 nitrogen and oxygen atoms in total. The van der Waals surface area contributed by atoms with Crippen molar-refractivity contribution in [2.45, 2.75) is 6.42 Å². The number of carbonyl (C=O) groups excluding carboxylic acids is 3. The third-order valence-electron chi connectivity index (χ3n) is 3.26. The predicted octanol–water partition coefficient (Wildman–Crippen LogP) is 1.16. The van der Waals surface area contributed by atoms with Crippen LogP contribution in [0.4, 0.5) is 0 Å². The Morgan fingerprint density at radius 2 is 1.68 bits per heavy atom. The highest BCUT2D eigenvalue weighted by Crippen LogP contribution is 2.23. The van der Waals surface area contributed by atoms with E-state index < -0.39 is 0 Å². The molecule has 0 atom stereocenters. The Labute approximate surface area is 109 Å². The van der Waals surface area contributed by atoms with Crippen LogP contribution in [0.3, 0.4) is 0 Å². The van der Waals surface area contributed by atoms with E-state index in [4.69, 9.17) is 4.74 Å². The topological polar surface area (TPSA) is 63.7 Å². The van der Waals surface area contributed by atoms with Crippen LogP contribution in [0.15, 0.2) is 35.9 Å². The number of amides is 2. The normalized spacial score (nSPS) is 17.6. The third-order valence-corrected chi connectivity index (χ3v) is 3.26. The van der Waals surface area contributed by atoms with Gasteiger partial charge in [0.2, 0.25) is 0 Å². The first kappa shape index (κ1) is 11.6. The molecule has 3 rings (SSSR count). The smallest absolute Gasteiger partial charge is 0.331 e. The largest absolute Gasteiger partial charge is 0.458 e. The van der Waals surface area contributed by atoms with Crippen molar-refractivity contribution >= 4 is 17.8 Å². The number of cyclic esters (lactones) is 1. The van der Waals surface area contributed by atoms with Crippen LogP contribution in [0.5, 0.6) is 0 Å². The van der Waals surface area contributed by atoms with Crippen molar-refractivity contribution in [1.82, 2.24) is 4.90 Å². The van der Waals surface area contributed by atoms with Gasteiger partial charge < -0.3 is 4.74 Å². The lowest BCUT2D eigenvalue weighted by atomic mass is 10.1. The molecule has 0 unspecified atom stereocenters. The van der Waals surface area contributed by atoms with E-state index in [-0.39, 0.29) is 30.9 Å². The summed E-state index contributed by atoms with van der Waals surface area (Å²) in [6, 6.07) is 6.77. The minimum atomic E-state index is -0.364. The van der Waals surface area contributed by atoms with E-state index in [1.165, 1.54) is 11.0 Å². The van der Waals surface area contributed by atoms with Crippen LogP contribution in [-0.2, 0) is 9.53 Å². The number of rotatable bonds is 3. The van der Waals surface area contributed by atoms with Gasteiger partial charge in [0.15, 0.2) is 0 Å².